The van der Waals surface area contributed by atoms with E-state index in [0.717, 1.165) is 50.4 Å². The number of carbonyl (C=O) groups excluding carboxylic acids is 2. The molecule has 1 saturated carbocycles. The molecule has 2 aliphatic rings. The minimum atomic E-state index is -0.505. The van der Waals surface area contributed by atoms with Crippen LogP contribution in [0.2, 0.25) is 0 Å². The van der Waals surface area contributed by atoms with Crippen LogP contribution in [0.4, 0.5) is 0 Å². The Hall–Kier alpha value is -2.77. The van der Waals surface area contributed by atoms with E-state index in [2.05, 4.69) is 15.6 Å². The molecule has 2 fully saturated rings. The van der Waals surface area contributed by atoms with Gasteiger partial charge in [-0.15, -0.1) is 0 Å². The van der Waals surface area contributed by atoms with Crippen molar-refractivity contribution in [1.82, 2.24) is 15.5 Å². The van der Waals surface area contributed by atoms with Gasteiger partial charge in [0, 0.05) is 31.6 Å². The average Bonchev–Trinajstić information content (AvgIpc) is 3.25. The van der Waals surface area contributed by atoms with Crippen LogP contribution in [-0.2, 0) is 16.1 Å². The molecule has 8 nitrogen and oxygen atoms in total. The van der Waals surface area contributed by atoms with E-state index >= 15 is 0 Å². The van der Waals surface area contributed by atoms with Crippen LogP contribution in [-0.4, -0.2) is 55.0 Å². The lowest BCUT2D eigenvalue weighted by Crippen LogP contribution is -2.45. The predicted molar refractivity (Wildman–Crippen MR) is 121 cm³/mol. The maximum absolute atomic E-state index is 12.8. The fourth-order valence-corrected chi connectivity index (χ4v) is 4.26. The van der Waals surface area contributed by atoms with Gasteiger partial charge in [0.05, 0.1) is 6.54 Å². The Morgan fingerprint density at radius 3 is 2.77 bits per heavy atom. The summed E-state index contributed by atoms with van der Waals surface area (Å²) in [4.78, 5) is 30.4. The Morgan fingerprint density at radius 2 is 2.03 bits per heavy atom. The second kappa shape index (κ2) is 11.6. The number of nitrogens with one attached hydrogen (secondary N) is 2. The number of ether oxygens (including phenoxy) is 1. The Morgan fingerprint density at radius 1 is 1.23 bits per heavy atom. The summed E-state index contributed by atoms with van der Waals surface area (Å²) in [6, 6.07) is 7.68. The van der Waals surface area contributed by atoms with Crippen molar-refractivity contribution < 1.29 is 14.3 Å². The number of benzene rings is 1. The highest BCUT2D eigenvalue weighted by Gasteiger charge is 2.31. The summed E-state index contributed by atoms with van der Waals surface area (Å²) < 4.78 is 5.36. The van der Waals surface area contributed by atoms with Crippen molar-refractivity contribution in [3.63, 3.8) is 0 Å². The molecule has 3 rings (SSSR count). The van der Waals surface area contributed by atoms with E-state index in [-0.39, 0.29) is 18.6 Å². The molecule has 0 bridgehead atoms. The summed E-state index contributed by atoms with van der Waals surface area (Å²) in [5.74, 6) is 1.38. The van der Waals surface area contributed by atoms with Gasteiger partial charge in [0.2, 0.25) is 5.91 Å². The largest absolute Gasteiger partial charge is 0.484 e. The number of amides is 2. The van der Waals surface area contributed by atoms with Gasteiger partial charge in [0.25, 0.3) is 5.91 Å². The molecule has 2 amide bonds. The highest BCUT2D eigenvalue weighted by Crippen LogP contribution is 2.26. The van der Waals surface area contributed by atoms with Crippen molar-refractivity contribution in [3.05, 3.63) is 29.8 Å². The van der Waals surface area contributed by atoms with E-state index < -0.39 is 5.91 Å². The van der Waals surface area contributed by atoms with Gasteiger partial charge in [0.15, 0.2) is 12.6 Å². The van der Waals surface area contributed by atoms with Crippen LogP contribution >= 0.6 is 0 Å². The second-order valence-electron chi connectivity index (χ2n) is 8.35. The van der Waals surface area contributed by atoms with Gasteiger partial charge >= 0.3 is 0 Å². The number of rotatable bonds is 8. The predicted octanol–water partition coefficient (Wildman–Crippen LogP) is 1.79. The number of aliphatic imine (C=N–C) groups is 1. The first-order valence-electron chi connectivity index (χ1n) is 11.4. The smallest absolute Gasteiger partial charge is 0.255 e. The number of likely N-dealkylation sites (tertiary alicyclic amines) is 1. The minimum absolute atomic E-state index is 0.144. The van der Waals surface area contributed by atoms with Crippen molar-refractivity contribution in [2.24, 2.45) is 16.6 Å². The Balaban J connectivity index is 1.53. The summed E-state index contributed by atoms with van der Waals surface area (Å²) in [6.07, 6.45) is 6.63. The molecule has 1 saturated heterocycles. The van der Waals surface area contributed by atoms with Crippen LogP contribution < -0.4 is 21.1 Å². The standard InChI is InChI=1S/C23H35N5O3/c1-2-25-23(26-14-17-7-6-10-20(13-17)31-16-21(24)29)27-19-11-12-28(15-19)22(30)18-8-4-3-5-9-18/h6-7,10,13,18-19H,2-5,8-9,11-12,14-16H2,1H3,(H2,24,29)(H2,25,26,27). The number of guanidine groups is 1. The van der Waals surface area contributed by atoms with Crippen LogP contribution in [0, 0.1) is 5.92 Å². The molecular weight excluding hydrogens is 394 g/mol. The van der Waals surface area contributed by atoms with Crippen LogP contribution in [0.5, 0.6) is 5.75 Å². The van der Waals surface area contributed by atoms with Gasteiger partial charge in [-0.3, -0.25) is 9.59 Å². The molecule has 31 heavy (non-hydrogen) atoms. The molecule has 0 radical (unpaired) electrons. The number of hydrogen-bond acceptors (Lipinski definition) is 4. The average molecular weight is 430 g/mol. The summed E-state index contributed by atoms with van der Waals surface area (Å²) in [5.41, 5.74) is 6.10. The summed E-state index contributed by atoms with van der Waals surface area (Å²) >= 11 is 0. The lowest BCUT2D eigenvalue weighted by atomic mass is 9.88. The maximum Gasteiger partial charge on any atom is 0.255 e. The fourth-order valence-electron chi connectivity index (χ4n) is 4.26. The first kappa shape index (κ1) is 22.9. The molecule has 4 N–H and O–H groups in total. The van der Waals surface area contributed by atoms with Crippen molar-refractivity contribution in [3.8, 4) is 5.75 Å². The van der Waals surface area contributed by atoms with Gasteiger partial charge in [-0.05, 0) is 43.9 Å². The van der Waals surface area contributed by atoms with Crippen molar-refractivity contribution in [1.29, 1.82) is 0 Å². The first-order chi connectivity index (χ1) is 15.0. The zero-order valence-electron chi connectivity index (χ0n) is 18.4. The van der Waals surface area contributed by atoms with Gasteiger partial charge in [-0.25, -0.2) is 4.99 Å². The number of primary amides is 1. The van der Waals surface area contributed by atoms with E-state index in [9.17, 15) is 9.59 Å². The molecule has 1 aliphatic carbocycles. The van der Waals surface area contributed by atoms with Crippen LogP contribution in [0.25, 0.3) is 0 Å². The molecule has 1 aromatic carbocycles. The van der Waals surface area contributed by atoms with Crippen molar-refractivity contribution >= 4 is 17.8 Å². The van der Waals surface area contributed by atoms with E-state index in [4.69, 9.17) is 10.5 Å². The number of nitrogens with two attached hydrogens (primary N) is 1. The molecule has 0 aromatic heterocycles. The highest BCUT2D eigenvalue weighted by molar-refractivity contribution is 5.81. The molecule has 1 heterocycles. The van der Waals surface area contributed by atoms with Gasteiger partial charge in [-0.2, -0.15) is 0 Å². The zero-order chi connectivity index (χ0) is 22.1. The Kier molecular flexibility index (Phi) is 8.55. The monoisotopic (exact) mass is 429 g/mol. The van der Waals surface area contributed by atoms with Gasteiger partial charge in [0.1, 0.15) is 5.75 Å². The van der Waals surface area contributed by atoms with E-state index in [1.165, 1.54) is 19.3 Å². The lowest BCUT2D eigenvalue weighted by molar-refractivity contribution is -0.135. The minimum Gasteiger partial charge on any atom is -0.484 e. The van der Waals surface area contributed by atoms with Crippen molar-refractivity contribution in [2.75, 3.05) is 26.2 Å². The van der Waals surface area contributed by atoms with Crippen molar-refractivity contribution in [2.45, 2.75) is 58.0 Å². The quantitative estimate of drug-likeness (QED) is 0.431. The molecule has 1 aromatic rings. The fraction of sp³-hybridized carbons (Fsp3) is 0.609. The number of carbonyl (C=O) groups is 2. The van der Waals surface area contributed by atoms with E-state index in [0.29, 0.717) is 18.2 Å². The van der Waals surface area contributed by atoms with Crippen LogP contribution in [0.15, 0.2) is 29.3 Å². The number of nitrogens with zero attached hydrogens (tertiary/aromatic N) is 2. The SMILES string of the molecule is CCNC(=NCc1cccc(OCC(N)=O)c1)NC1CCN(C(=O)C2CCCCC2)C1. The Bertz CT molecular complexity index is 776. The first-order valence-corrected chi connectivity index (χ1v) is 11.4. The third-order valence-corrected chi connectivity index (χ3v) is 5.84. The summed E-state index contributed by atoms with van der Waals surface area (Å²) in [7, 11) is 0. The van der Waals surface area contributed by atoms with E-state index in [1.807, 2.05) is 30.0 Å². The maximum atomic E-state index is 12.8. The lowest BCUT2D eigenvalue weighted by Gasteiger charge is -2.26. The third-order valence-electron chi connectivity index (χ3n) is 5.84. The molecule has 8 heteroatoms. The zero-order valence-corrected chi connectivity index (χ0v) is 18.4. The summed E-state index contributed by atoms with van der Waals surface area (Å²) in [6.45, 7) is 4.66. The molecule has 1 atom stereocenters. The molecule has 1 unspecified atom stereocenters. The van der Waals surface area contributed by atoms with Crippen LogP contribution in [0.1, 0.15) is 51.0 Å². The number of hydrogen-bond donors (Lipinski definition) is 3. The second-order valence-corrected chi connectivity index (χ2v) is 8.35. The van der Waals surface area contributed by atoms with Crippen LogP contribution in [0.3, 0.4) is 0 Å². The normalized spacial score (nSPS) is 19.8. The topological polar surface area (TPSA) is 109 Å². The van der Waals surface area contributed by atoms with E-state index in [1.54, 1.807) is 6.07 Å². The Labute approximate surface area is 184 Å². The molecule has 0 spiro atoms. The van der Waals surface area contributed by atoms with Gasteiger partial charge < -0.3 is 26.0 Å². The molecular formula is C23H35N5O3. The molecule has 1 aliphatic heterocycles. The third kappa shape index (κ3) is 7.15. The highest BCUT2D eigenvalue weighted by atomic mass is 16.5. The van der Waals surface area contributed by atoms with Gasteiger partial charge in [-0.1, -0.05) is 31.4 Å². The summed E-state index contributed by atoms with van der Waals surface area (Å²) in [5, 5.41) is 6.77. The molecule has 170 valence electrons.